The Morgan fingerprint density at radius 1 is 1.37 bits per heavy atom. The van der Waals surface area contributed by atoms with Crippen LogP contribution in [0.1, 0.15) is 43.7 Å². The third-order valence-electron chi connectivity index (χ3n) is 4.47. The van der Waals surface area contributed by atoms with Gasteiger partial charge in [0.15, 0.2) is 0 Å². The van der Waals surface area contributed by atoms with Crippen LogP contribution in [0.2, 0.25) is 0 Å². The van der Waals surface area contributed by atoms with Gasteiger partial charge in [0, 0.05) is 31.2 Å². The monoisotopic (exact) mass is 265 g/mol. The van der Waals surface area contributed by atoms with Crippen LogP contribution in [0, 0.1) is 5.82 Å². The van der Waals surface area contributed by atoms with Crippen molar-refractivity contribution in [2.45, 2.75) is 49.9 Å². The van der Waals surface area contributed by atoms with Gasteiger partial charge in [0.05, 0.1) is 6.10 Å². The Labute approximate surface area is 112 Å². The Kier molecular flexibility index (Phi) is 3.23. The molecule has 1 heterocycles. The molecule has 2 N–H and O–H groups in total. The van der Waals surface area contributed by atoms with Crippen molar-refractivity contribution in [2.75, 3.05) is 7.11 Å². The number of rotatable bonds is 1. The van der Waals surface area contributed by atoms with Gasteiger partial charge in [0.1, 0.15) is 17.2 Å². The maximum atomic E-state index is 13.4. The van der Waals surface area contributed by atoms with Crippen molar-refractivity contribution in [3.63, 3.8) is 0 Å². The van der Waals surface area contributed by atoms with Crippen molar-refractivity contribution in [1.82, 2.24) is 0 Å². The number of ether oxygens (including phenoxy) is 2. The minimum absolute atomic E-state index is 0.0663. The summed E-state index contributed by atoms with van der Waals surface area (Å²) in [5.74, 6) is 0.350. The van der Waals surface area contributed by atoms with Crippen molar-refractivity contribution in [3.8, 4) is 5.75 Å². The fraction of sp³-hybridized carbons (Fsp3) is 0.600. The van der Waals surface area contributed by atoms with Crippen LogP contribution >= 0.6 is 0 Å². The summed E-state index contributed by atoms with van der Waals surface area (Å²) in [6.07, 6.45) is 4.94. The first kappa shape index (κ1) is 12.9. The lowest BCUT2D eigenvalue weighted by atomic mass is 9.76. The zero-order valence-corrected chi connectivity index (χ0v) is 11.2. The molecule has 1 unspecified atom stereocenters. The smallest absolute Gasteiger partial charge is 0.127 e. The summed E-state index contributed by atoms with van der Waals surface area (Å²) in [4.78, 5) is 0. The number of nitrogens with two attached hydrogens (primary N) is 1. The maximum Gasteiger partial charge on any atom is 0.127 e. The molecule has 1 aromatic rings. The summed E-state index contributed by atoms with van der Waals surface area (Å²) in [6.45, 7) is 0. The van der Waals surface area contributed by atoms with E-state index in [0.717, 1.165) is 37.7 Å². The van der Waals surface area contributed by atoms with E-state index >= 15 is 0 Å². The highest BCUT2D eigenvalue weighted by molar-refractivity contribution is 5.39. The van der Waals surface area contributed by atoms with Gasteiger partial charge < -0.3 is 15.2 Å². The highest BCUT2D eigenvalue weighted by atomic mass is 19.1. The average Bonchev–Trinajstić information content (AvgIpc) is 2.39. The van der Waals surface area contributed by atoms with Gasteiger partial charge in [-0.3, -0.25) is 0 Å². The summed E-state index contributed by atoms with van der Waals surface area (Å²) in [5.41, 5.74) is 6.93. The average molecular weight is 265 g/mol. The number of halogens is 1. The largest absolute Gasteiger partial charge is 0.487 e. The third kappa shape index (κ3) is 2.35. The Morgan fingerprint density at radius 2 is 2.11 bits per heavy atom. The second-order valence-corrected chi connectivity index (χ2v) is 5.71. The molecule has 3 rings (SSSR count). The highest BCUT2D eigenvalue weighted by Gasteiger charge is 2.42. The van der Waals surface area contributed by atoms with Gasteiger partial charge in [0.25, 0.3) is 0 Å². The number of fused-ring (bicyclic) bond motifs is 1. The van der Waals surface area contributed by atoms with Crippen LogP contribution in [0.15, 0.2) is 18.2 Å². The molecule has 0 amide bonds. The van der Waals surface area contributed by atoms with Crippen LogP contribution < -0.4 is 10.5 Å². The van der Waals surface area contributed by atoms with Crippen LogP contribution in [0.4, 0.5) is 4.39 Å². The predicted octanol–water partition coefficient (Wildman–Crippen LogP) is 2.94. The molecule has 1 fully saturated rings. The van der Waals surface area contributed by atoms with Crippen LogP contribution in [-0.4, -0.2) is 18.8 Å². The molecule has 104 valence electrons. The second-order valence-electron chi connectivity index (χ2n) is 5.71. The third-order valence-corrected chi connectivity index (χ3v) is 4.47. The van der Waals surface area contributed by atoms with E-state index in [9.17, 15) is 4.39 Å². The fourth-order valence-electron chi connectivity index (χ4n) is 3.35. The summed E-state index contributed by atoms with van der Waals surface area (Å²) < 4.78 is 24.9. The van der Waals surface area contributed by atoms with Crippen molar-refractivity contribution >= 4 is 0 Å². The van der Waals surface area contributed by atoms with Gasteiger partial charge in [-0.25, -0.2) is 4.39 Å². The molecule has 1 aliphatic heterocycles. The molecule has 1 aliphatic carbocycles. The van der Waals surface area contributed by atoms with E-state index in [2.05, 4.69) is 0 Å². The molecule has 1 saturated carbocycles. The lowest BCUT2D eigenvalue weighted by Gasteiger charge is -2.45. The molecule has 4 heteroatoms. The fourth-order valence-corrected chi connectivity index (χ4v) is 3.35. The molecule has 1 atom stereocenters. The molecule has 0 saturated heterocycles. The van der Waals surface area contributed by atoms with Gasteiger partial charge in [-0.15, -0.1) is 0 Å². The first-order chi connectivity index (χ1) is 9.12. The molecule has 0 bridgehead atoms. The van der Waals surface area contributed by atoms with Crippen LogP contribution in [-0.2, 0) is 4.74 Å². The van der Waals surface area contributed by atoms with E-state index in [4.69, 9.17) is 15.2 Å². The Balaban J connectivity index is 1.84. The van der Waals surface area contributed by atoms with E-state index in [0.29, 0.717) is 11.9 Å². The predicted molar refractivity (Wildman–Crippen MR) is 70.6 cm³/mol. The molecule has 0 radical (unpaired) electrons. The highest BCUT2D eigenvalue weighted by Crippen LogP contribution is 2.45. The number of hydrogen-bond donors (Lipinski definition) is 1. The van der Waals surface area contributed by atoms with Gasteiger partial charge in [-0.1, -0.05) is 6.07 Å². The number of hydrogen-bond acceptors (Lipinski definition) is 3. The first-order valence-corrected chi connectivity index (χ1v) is 6.89. The summed E-state index contributed by atoms with van der Waals surface area (Å²) in [6, 6.07) is 4.58. The van der Waals surface area contributed by atoms with Gasteiger partial charge in [-0.05, 0) is 31.7 Å². The van der Waals surface area contributed by atoms with Crippen molar-refractivity contribution in [1.29, 1.82) is 0 Å². The van der Waals surface area contributed by atoms with Crippen molar-refractivity contribution < 1.29 is 13.9 Å². The quantitative estimate of drug-likeness (QED) is 0.849. The second kappa shape index (κ2) is 4.76. The van der Waals surface area contributed by atoms with E-state index in [1.807, 2.05) is 0 Å². The maximum absolute atomic E-state index is 13.4. The molecule has 19 heavy (non-hydrogen) atoms. The summed E-state index contributed by atoms with van der Waals surface area (Å²) in [7, 11) is 1.75. The van der Waals surface area contributed by atoms with Gasteiger partial charge in [0.2, 0.25) is 0 Å². The van der Waals surface area contributed by atoms with E-state index in [-0.39, 0.29) is 17.5 Å². The van der Waals surface area contributed by atoms with Crippen LogP contribution in [0.5, 0.6) is 5.75 Å². The van der Waals surface area contributed by atoms with Crippen molar-refractivity contribution in [2.24, 2.45) is 5.73 Å². The first-order valence-electron chi connectivity index (χ1n) is 6.89. The van der Waals surface area contributed by atoms with Gasteiger partial charge in [-0.2, -0.15) is 0 Å². The van der Waals surface area contributed by atoms with E-state index in [1.165, 1.54) is 12.1 Å². The van der Waals surface area contributed by atoms with E-state index in [1.54, 1.807) is 13.2 Å². The van der Waals surface area contributed by atoms with Gasteiger partial charge >= 0.3 is 0 Å². The molecule has 0 aromatic heterocycles. The number of benzene rings is 1. The lowest BCUT2D eigenvalue weighted by molar-refractivity contribution is -0.0429. The normalized spacial score (nSPS) is 33.8. The standard InChI is InChI=1S/C15H20FNO2/c1-18-11-4-6-15(7-5-11)9-13(17)12-3-2-10(16)8-14(12)19-15/h2-3,8,11,13H,4-7,9,17H2,1H3. The Morgan fingerprint density at radius 3 is 2.79 bits per heavy atom. The summed E-state index contributed by atoms with van der Waals surface area (Å²) >= 11 is 0. The number of methoxy groups -OCH3 is 1. The molecule has 3 nitrogen and oxygen atoms in total. The molecule has 1 aromatic carbocycles. The Bertz CT molecular complexity index is 469. The SMILES string of the molecule is COC1CCC2(CC1)CC(N)c1ccc(F)cc1O2. The molecular formula is C15H20FNO2. The van der Waals surface area contributed by atoms with E-state index < -0.39 is 0 Å². The lowest BCUT2D eigenvalue weighted by Crippen LogP contribution is -2.46. The summed E-state index contributed by atoms with van der Waals surface area (Å²) in [5, 5.41) is 0. The molecule has 2 aliphatic rings. The Hall–Kier alpha value is -1.13. The molecule has 1 spiro atoms. The zero-order valence-electron chi connectivity index (χ0n) is 11.2. The zero-order chi connectivity index (χ0) is 13.5. The van der Waals surface area contributed by atoms with Crippen molar-refractivity contribution in [3.05, 3.63) is 29.6 Å². The topological polar surface area (TPSA) is 44.5 Å². The molecular weight excluding hydrogens is 245 g/mol. The van der Waals surface area contributed by atoms with Crippen LogP contribution in [0.3, 0.4) is 0 Å². The van der Waals surface area contributed by atoms with Crippen LogP contribution in [0.25, 0.3) is 0 Å². The minimum Gasteiger partial charge on any atom is -0.487 e. The minimum atomic E-state index is -0.270.